The molecule has 2 aromatic rings. The summed E-state index contributed by atoms with van der Waals surface area (Å²) in [6, 6.07) is 16.0. The molecule has 0 spiro atoms. The van der Waals surface area contributed by atoms with Gasteiger partial charge >= 0.3 is 0 Å². The summed E-state index contributed by atoms with van der Waals surface area (Å²) in [5.74, 6) is 0.587. The van der Waals surface area contributed by atoms with Gasteiger partial charge in [0.2, 0.25) is 0 Å². The Labute approximate surface area is 191 Å². The Morgan fingerprint density at radius 2 is 1.65 bits per heavy atom. The standard InChI is InChI=1S/C25H34ClN3O2/c1-25(2,3)20-7-11-22(12-8-20)31-18-24(30)27-17-23(19-5-9-21(26)10-6-19)29-15-13-28(4)14-16-29/h5-12,23H,13-18H2,1-4H3,(H,27,30). The summed E-state index contributed by atoms with van der Waals surface area (Å²) in [5, 5.41) is 3.78. The molecule has 1 heterocycles. The van der Waals surface area contributed by atoms with Crippen LogP contribution in [-0.2, 0) is 10.2 Å². The molecule has 2 aromatic carbocycles. The lowest BCUT2D eigenvalue weighted by Crippen LogP contribution is -2.48. The average Bonchev–Trinajstić information content (AvgIpc) is 2.74. The molecule has 0 bridgehead atoms. The van der Waals surface area contributed by atoms with Gasteiger partial charge < -0.3 is 15.0 Å². The Balaban J connectivity index is 1.56. The fraction of sp³-hybridized carbons (Fsp3) is 0.480. The highest BCUT2D eigenvalue weighted by atomic mass is 35.5. The highest BCUT2D eigenvalue weighted by Crippen LogP contribution is 2.25. The number of nitrogens with zero attached hydrogens (tertiary/aromatic N) is 2. The predicted molar refractivity (Wildman–Crippen MR) is 127 cm³/mol. The third-order valence-electron chi connectivity index (χ3n) is 5.82. The Morgan fingerprint density at radius 1 is 1.03 bits per heavy atom. The molecule has 0 aliphatic carbocycles. The lowest BCUT2D eigenvalue weighted by molar-refractivity contribution is -0.123. The van der Waals surface area contributed by atoms with Crippen molar-refractivity contribution in [2.24, 2.45) is 0 Å². The summed E-state index contributed by atoms with van der Waals surface area (Å²) >= 11 is 6.08. The quantitative estimate of drug-likeness (QED) is 0.699. The van der Waals surface area contributed by atoms with Crippen molar-refractivity contribution in [2.75, 3.05) is 46.4 Å². The van der Waals surface area contributed by atoms with E-state index in [1.807, 2.05) is 36.4 Å². The van der Waals surface area contributed by atoms with Gasteiger partial charge in [0.25, 0.3) is 5.91 Å². The molecular formula is C25H34ClN3O2. The van der Waals surface area contributed by atoms with Gasteiger partial charge in [0.15, 0.2) is 6.61 Å². The number of benzene rings is 2. The molecule has 168 valence electrons. The number of piperazine rings is 1. The minimum atomic E-state index is -0.118. The van der Waals surface area contributed by atoms with Crippen molar-refractivity contribution in [1.82, 2.24) is 15.1 Å². The molecule has 1 atom stereocenters. The third-order valence-corrected chi connectivity index (χ3v) is 6.07. The molecule has 1 N–H and O–H groups in total. The number of hydrogen-bond donors (Lipinski definition) is 1. The maximum Gasteiger partial charge on any atom is 0.258 e. The Bertz CT molecular complexity index is 839. The minimum absolute atomic E-state index is 0.00490. The van der Waals surface area contributed by atoms with Crippen LogP contribution in [0.3, 0.4) is 0 Å². The normalized spacial score (nSPS) is 16.7. The molecule has 1 fully saturated rings. The van der Waals surface area contributed by atoms with E-state index in [9.17, 15) is 4.79 Å². The lowest BCUT2D eigenvalue weighted by atomic mass is 9.87. The number of amides is 1. The number of carbonyl (C=O) groups excluding carboxylic acids is 1. The van der Waals surface area contributed by atoms with E-state index in [1.165, 1.54) is 5.56 Å². The van der Waals surface area contributed by atoms with Gasteiger partial charge in [-0.05, 0) is 47.9 Å². The predicted octanol–water partition coefficient (Wildman–Crippen LogP) is 4.12. The fourth-order valence-corrected chi connectivity index (χ4v) is 3.86. The van der Waals surface area contributed by atoms with Crippen molar-refractivity contribution in [3.63, 3.8) is 0 Å². The van der Waals surface area contributed by atoms with Crippen LogP contribution < -0.4 is 10.1 Å². The van der Waals surface area contributed by atoms with E-state index >= 15 is 0 Å². The van der Waals surface area contributed by atoms with Gasteiger partial charge in [0.1, 0.15) is 5.75 Å². The maximum absolute atomic E-state index is 12.5. The largest absolute Gasteiger partial charge is 0.484 e. The molecule has 1 amide bonds. The first kappa shape index (κ1) is 23.6. The molecule has 0 saturated carbocycles. The minimum Gasteiger partial charge on any atom is -0.484 e. The van der Waals surface area contributed by atoms with Crippen LogP contribution in [0.4, 0.5) is 0 Å². The van der Waals surface area contributed by atoms with Crippen LogP contribution in [0.2, 0.25) is 5.02 Å². The smallest absolute Gasteiger partial charge is 0.258 e. The molecule has 31 heavy (non-hydrogen) atoms. The second kappa shape index (κ2) is 10.5. The topological polar surface area (TPSA) is 44.8 Å². The molecule has 6 heteroatoms. The van der Waals surface area contributed by atoms with Crippen molar-refractivity contribution in [2.45, 2.75) is 32.2 Å². The zero-order valence-corrected chi connectivity index (χ0v) is 19.8. The lowest BCUT2D eigenvalue weighted by Gasteiger charge is -2.38. The highest BCUT2D eigenvalue weighted by molar-refractivity contribution is 6.30. The van der Waals surface area contributed by atoms with Crippen LogP contribution in [0.5, 0.6) is 5.75 Å². The van der Waals surface area contributed by atoms with Crippen LogP contribution >= 0.6 is 11.6 Å². The summed E-state index contributed by atoms with van der Waals surface area (Å²) in [5.41, 5.74) is 2.49. The van der Waals surface area contributed by atoms with E-state index < -0.39 is 0 Å². The highest BCUT2D eigenvalue weighted by Gasteiger charge is 2.24. The molecule has 5 nitrogen and oxygen atoms in total. The van der Waals surface area contributed by atoms with Gasteiger partial charge in [0.05, 0.1) is 6.04 Å². The Hall–Kier alpha value is -2.08. The second-order valence-corrected chi connectivity index (χ2v) is 9.71. The van der Waals surface area contributed by atoms with Gasteiger partial charge in [-0.15, -0.1) is 0 Å². The molecule has 3 rings (SSSR count). The molecule has 1 unspecified atom stereocenters. The number of rotatable bonds is 7. The monoisotopic (exact) mass is 443 g/mol. The van der Waals surface area contributed by atoms with E-state index in [1.54, 1.807) is 0 Å². The number of nitrogens with one attached hydrogen (secondary N) is 1. The van der Waals surface area contributed by atoms with Crippen LogP contribution in [0.25, 0.3) is 0 Å². The van der Waals surface area contributed by atoms with Crippen LogP contribution in [0.1, 0.15) is 37.9 Å². The zero-order valence-electron chi connectivity index (χ0n) is 19.0. The maximum atomic E-state index is 12.5. The van der Waals surface area contributed by atoms with Gasteiger partial charge in [-0.25, -0.2) is 0 Å². The molecular weight excluding hydrogens is 410 g/mol. The number of ether oxygens (including phenoxy) is 1. The van der Waals surface area contributed by atoms with E-state index in [0.29, 0.717) is 12.3 Å². The van der Waals surface area contributed by atoms with Crippen molar-refractivity contribution < 1.29 is 9.53 Å². The van der Waals surface area contributed by atoms with Crippen molar-refractivity contribution in [3.05, 3.63) is 64.7 Å². The van der Waals surface area contributed by atoms with Crippen molar-refractivity contribution >= 4 is 17.5 Å². The Morgan fingerprint density at radius 3 is 2.23 bits per heavy atom. The molecule has 1 aliphatic heterocycles. The van der Waals surface area contributed by atoms with Gasteiger partial charge in [-0.2, -0.15) is 0 Å². The first-order valence-electron chi connectivity index (χ1n) is 10.9. The summed E-state index contributed by atoms with van der Waals surface area (Å²) in [6.07, 6.45) is 0. The number of halogens is 1. The number of hydrogen-bond acceptors (Lipinski definition) is 4. The third kappa shape index (κ3) is 6.96. The molecule has 1 aliphatic rings. The number of likely N-dealkylation sites (N-methyl/N-ethyl adjacent to an activating group) is 1. The average molecular weight is 444 g/mol. The van der Waals surface area contributed by atoms with Crippen molar-refractivity contribution in [3.8, 4) is 5.75 Å². The molecule has 0 radical (unpaired) electrons. The summed E-state index contributed by atoms with van der Waals surface area (Å²) < 4.78 is 5.70. The van der Waals surface area contributed by atoms with Crippen molar-refractivity contribution in [1.29, 1.82) is 0 Å². The second-order valence-electron chi connectivity index (χ2n) is 9.27. The SMILES string of the molecule is CN1CCN(C(CNC(=O)COc2ccc(C(C)(C)C)cc2)c2ccc(Cl)cc2)CC1. The zero-order chi connectivity index (χ0) is 22.4. The fourth-order valence-electron chi connectivity index (χ4n) is 3.74. The van der Waals surface area contributed by atoms with E-state index in [-0.39, 0.29) is 24.0 Å². The van der Waals surface area contributed by atoms with Gasteiger partial charge in [-0.1, -0.05) is 56.6 Å². The van der Waals surface area contributed by atoms with Crippen LogP contribution in [0.15, 0.2) is 48.5 Å². The summed E-state index contributed by atoms with van der Waals surface area (Å²) in [4.78, 5) is 17.2. The number of carbonyl (C=O) groups is 1. The first-order valence-corrected chi connectivity index (χ1v) is 11.3. The van der Waals surface area contributed by atoms with E-state index in [2.05, 4.69) is 55.1 Å². The van der Waals surface area contributed by atoms with Crippen LogP contribution in [-0.4, -0.2) is 62.1 Å². The first-order chi connectivity index (χ1) is 14.7. The van der Waals surface area contributed by atoms with Gasteiger partial charge in [0, 0.05) is 37.7 Å². The molecule has 0 aromatic heterocycles. The molecule has 1 saturated heterocycles. The summed E-state index contributed by atoms with van der Waals surface area (Å²) in [7, 11) is 2.14. The summed E-state index contributed by atoms with van der Waals surface area (Å²) in [6.45, 7) is 11.0. The van der Waals surface area contributed by atoms with E-state index in [4.69, 9.17) is 16.3 Å². The Kier molecular flexibility index (Phi) is 7.98. The van der Waals surface area contributed by atoms with Crippen LogP contribution in [0, 0.1) is 0 Å². The van der Waals surface area contributed by atoms with Gasteiger partial charge in [-0.3, -0.25) is 9.69 Å². The van der Waals surface area contributed by atoms with E-state index in [0.717, 1.165) is 36.8 Å².